The monoisotopic (exact) mass is 262 g/mol. The first kappa shape index (κ1) is 13.1. The molecule has 0 amide bonds. The fourth-order valence-corrected chi connectivity index (χ4v) is 2.74. The topological polar surface area (TPSA) is 34.1 Å². The second-order valence-corrected chi connectivity index (χ2v) is 5.57. The van der Waals surface area contributed by atoms with E-state index in [1.165, 1.54) is 15.3 Å². The first-order chi connectivity index (χ1) is 8.69. The molecular weight excluding hydrogens is 244 g/mol. The number of rotatable bonds is 5. The van der Waals surface area contributed by atoms with Crippen LogP contribution >= 0.6 is 11.3 Å². The molecule has 0 unspecified atom stereocenters. The molecule has 96 valence electrons. The second-order valence-electron chi connectivity index (χ2n) is 4.23. The van der Waals surface area contributed by atoms with Crippen LogP contribution in [-0.4, -0.2) is 12.1 Å². The quantitative estimate of drug-likeness (QED) is 0.899. The third-order valence-electron chi connectivity index (χ3n) is 2.81. The highest BCUT2D eigenvalue weighted by Crippen LogP contribution is 2.20. The van der Waals surface area contributed by atoms with E-state index in [4.69, 9.17) is 4.74 Å². The molecule has 0 saturated carbocycles. The molecular formula is C14H18N2OS. The highest BCUT2D eigenvalue weighted by Gasteiger charge is 2.02. The van der Waals surface area contributed by atoms with Crippen molar-refractivity contribution in [3.8, 4) is 5.88 Å². The van der Waals surface area contributed by atoms with Crippen molar-refractivity contribution in [1.82, 2.24) is 10.3 Å². The van der Waals surface area contributed by atoms with E-state index in [0.717, 1.165) is 18.8 Å². The summed E-state index contributed by atoms with van der Waals surface area (Å²) in [6.07, 6.45) is 0. The molecule has 2 aromatic heterocycles. The normalized spacial score (nSPS) is 10.6. The van der Waals surface area contributed by atoms with Gasteiger partial charge in [0.2, 0.25) is 5.88 Å². The Labute approximate surface area is 112 Å². The maximum Gasteiger partial charge on any atom is 0.213 e. The summed E-state index contributed by atoms with van der Waals surface area (Å²) in [4.78, 5) is 7.13. The van der Waals surface area contributed by atoms with Gasteiger partial charge >= 0.3 is 0 Å². The average molecular weight is 262 g/mol. The van der Waals surface area contributed by atoms with Crippen LogP contribution in [0.25, 0.3) is 0 Å². The van der Waals surface area contributed by atoms with Crippen molar-refractivity contribution in [2.45, 2.75) is 26.9 Å². The molecule has 0 saturated heterocycles. The summed E-state index contributed by atoms with van der Waals surface area (Å²) in [5.74, 6) is 0.664. The van der Waals surface area contributed by atoms with E-state index in [-0.39, 0.29) is 0 Å². The molecule has 0 aliphatic heterocycles. The summed E-state index contributed by atoms with van der Waals surface area (Å²) in [6, 6.07) is 8.06. The Morgan fingerprint density at radius 2 is 2.11 bits per heavy atom. The average Bonchev–Trinajstić information content (AvgIpc) is 2.69. The van der Waals surface area contributed by atoms with Crippen LogP contribution < -0.4 is 10.1 Å². The molecule has 2 rings (SSSR count). The number of hydrogen-bond donors (Lipinski definition) is 1. The first-order valence-electron chi connectivity index (χ1n) is 5.95. The molecule has 1 N–H and O–H groups in total. The standard InChI is InChI=1S/C14H18N2OS/c1-10-7-13(18-11(10)2)9-15-8-12-5-4-6-14(16-12)17-3/h4-7,15H,8-9H2,1-3H3. The lowest BCUT2D eigenvalue weighted by atomic mass is 10.3. The Morgan fingerprint density at radius 1 is 1.28 bits per heavy atom. The lowest BCUT2D eigenvalue weighted by Gasteiger charge is -2.04. The van der Waals surface area contributed by atoms with Gasteiger partial charge in [0.15, 0.2) is 0 Å². The molecule has 2 heterocycles. The van der Waals surface area contributed by atoms with Gasteiger partial charge in [-0.2, -0.15) is 0 Å². The Morgan fingerprint density at radius 3 is 2.78 bits per heavy atom. The highest BCUT2D eigenvalue weighted by molar-refractivity contribution is 7.12. The van der Waals surface area contributed by atoms with Crippen LogP contribution in [0.3, 0.4) is 0 Å². The summed E-state index contributed by atoms with van der Waals surface area (Å²) >= 11 is 1.85. The van der Waals surface area contributed by atoms with Crippen LogP contribution in [0.15, 0.2) is 24.3 Å². The van der Waals surface area contributed by atoms with E-state index in [1.54, 1.807) is 7.11 Å². The molecule has 2 aromatic rings. The molecule has 0 fully saturated rings. The number of ether oxygens (including phenoxy) is 1. The van der Waals surface area contributed by atoms with E-state index >= 15 is 0 Å². The van der Waals surface area contributed by atoms with Crippen LogP contribution in [0.5, 0.6) is 5.88 Å². The second kappa shape index (κ2) is 5.98. The molecule has 4 heteroatoms. The maximum atomic E-state index is 5.10. The number of nitrogens with zero attached hydrogens (tertiary/aromatic N) is 1. The molecule has 0 aliphatic carbocycles. The largest absolute Gasteiger partial charge is 0.481 e. The van der Waals surface area contributed by atoms with Crippen LogP contribution in [0.2, 0.25) is 0 Å². The minimum Gasteiger partial charge on any atom is -0.481 e. The van der Waals surface area contributed by atoms with Crippen LogP contribution in [0.1, 0.15) is 21.0 Å². The minimum absolute atomic E-state index is 0.664. The van der Waals surface area contributed by atoms with Gasteiger partial charge in [0, 0.05) is 28.9 Å². The molecule has 0 aliphatic rings. The molecule has 0 bridgehead atoms. The molecule has 3 nitrogen and oxygen atoms in total. The number of pyridine rings is 1. The summed E-state index contributed by atoms with van der Waals surface area (Å²) in [5, 5.41) is 3.40. The highest BCUT2D eigenvalue weighted by atomic mass is 32.1. The van der Waals surface area contributed by atoms with E-state index in [1.807, 2.05) is 29.5 Å². The van der Waals surface area contributed by atoms with Crippen molar-refractivity contribution in [3.05, 3.63) is 45.3 Å². The smallest absolute Gasteiger partial charge is 0.213 e. The van der Waals surface area contributed by atoms with Crippen molar-refractivity contribution < 1.29 is 4.74 Å². The Balaban J connectivity index is 1.88. The zero-order chi connectivity index (χ0) is 13.0. The number of hydrogen-bond acceptors (Lipinski definition) is 4. The van der Waals surface area contributed by atoms with Crippen LogP contribution in [0.4, 0.5) is 0 Å². The first-order valence-corrected chi connectivity index (χ1v) is 6.77. The van der Waals surface area contributed by atoms with Crippen molar-refractivity contribution >= 4 is 11.3 Å². The number of aromatic nitrogens is 1. The van der Waals surface area contributed by atoms with Crippen molar-refractivity contribution in [2.24, 2.45) is 0 Å². The van der Waals surface area contributed by atoms with Gasteiger partial charge in [-0.15, -0.1) is 11.3 Å². The van der Waals surface area contributed by atoms with Crippen molar-refractivity contribution in [2.75, 3.05) is 7.11 Å². The fraction of sp³-hybridized carbons (Fsp3) is 0.357. The maximum absolute atomic E-state index is 5.10. The lowest BCUT2D eigenvalue weighted by Crippen LogP contribution is -2.12. The van der Waals surface area contributed by atoms with E-state index in [0.29, 0.717) is 5.88 Å². The van der Waals surface area contributed by atoms with E-state index < -0.39 is 0 Å². The number of thiophene rings is 1. The van der Waals surface area contributed by atoms with Crippen molar-refractivity contribution in [3.63, 3.8) is 0 Å². The number of aryl methyl sites for hydroxylation is 2. The van der Waals surface area contributed by atoms with Crippen molar-refractivity contribution in [1.29, 1.82) is 0 Å². The van der Waals surface area contributed by atoms with Gasteiger partial charge < -0.3 is 10.1 Å². The molecule has 0 spiro atoms. The zero-order valence-corrected chi connectivity index (χ0v) is 11.8. The fourth-order valence-electron chi connectivity index (χ4n) is 1.72. The summed E-state index contributed by atoms with van der Waals surface area (Å²) in [7, 11) is 1.64. The minimum atomic E-state index is 0.664. The van der Waals surface area contributed by atoms with Gasteiger partial charge in [-0.05, 0) is 31.5 Å². The van der Waals surface area contributed by atoms with Gasteiger partial charge in [-0.25, -0.2) is 4.98 Å². The van der Waals surface area contributed by atoms with Gasteiger partial charge in [0.1, 0.15) is 0 Å². The molecule has 0 aromatic carbocycles. The number of nitrogens with one attached hydrogen (secondary N) is 1. The molecule has 0 atom stereocenters. The zero-order valence-electron chi connectivity index (χ0n) is 11.0. The lowest BCUT2D eigenvalue weighted by molar-refractivity contribution is 0.395. The molecule has 0 radical (unpaired) electrons. The SMILES string of the molecule is COc1cccc(CNCc2cc(C)c(C)s2)n1. The third kappa shape index (κ3) is 3.31. The van der Waals surface area contributed by atoms with Crippen LogP contribution in [0, 0.1) is 13.8 Å². The molecule has 18 heavy (non-hydrogen) atoms. The van der Waals surface area contributed by atoms with Gasteiger partial charge in [-0.1, -0.05) is 6.07 Å². The van der Waals surface area contributed by atoms with Gasteiger partial charge in [0.05, 0.1) is 12.8 Å². The summed E-state index contributed by atoms with van der Waals surface area (Å²) in [6.45, 7) is 5.96. The predicted molar refractivity (Wildman–Crippen MR) is 75.1 cm³/mol. The summed E-state index contributed by atoms with van der Waals surface area (Å²) < 4.78 is 5.10. The van der Waals surface area contributed by atoms with Crippen LogP contribution in [-0.2, 0) is 13.1 Å². The Hall–Kier alpha value is -1.39. The van der Waals surface area contributed by atoms with Gasteiger partial charge in [-0.3, -0.25) is 0 Å². The third-order valence-corrected chi connectivity index (χ3v) is 3.97. The Kier molecular flexibility index (Phi) is 4.33. The predicted octanol–water partition coefficient (Wildman–Crippen LogP) is 3.06. The van der Waals surface area contributed by atoms with E-state index in [9.17, 15) is 0 Å². The Bertz CT molecular complexity index is 503. The number of methoxy groups -OCH3 is 1. The van der Waals surface area contributed by atoms with Gasteiger partial charge in [0.25, 0.3) is 0 Å². The van der Waals surface area contributed by atoms with E-state index in [2.05, 4.69) is 30.2 Å². The summed E-state index contributed by atoms with van der Waals surface area (Å²) in [5.41, 5.74) is 2.37.